The number of nitrogens with zero attached hydrogens (tertiary/aromatic N) is 1. The molecule has 0 radical (unpaired) electrons. The van der Waals surface area contributed by atoms with Gasteiger partial charge in [0.2, 0.25) is 0 Å². The van der Waals surface area contributed by atoms with E-state index in [0.717, 1.165) is 0 Å². The van der Waals surface area contributed by atoms with Crippen molar-refractivity contribution in [1.82, 2.24) is 9.97 Å². The largest absolute Gasteiger partial charge is 0.506 e. The maximum Gasteiger partial charge on any atom is 0.262 e. The summed E-state index contributed by atoms with van der Waals surface area (Å²) in [6, 6.07) is 7.01. The SMILES string of the molecule is O=c1[nH]c2sccc2c(O)c1-c1ccccn1. The van der Waals surface area contributed by atoms with Gasteiger partial charge in [-0.3, -0.25) is 9.78 Å². The molecule has 0 bridgehead atoms. The monoisotopic (exact) mass is 244 g/mol. The third-order valence-corrected chi connectivity index (χ3v) is 3.36. The summed E-state index contributed by atoms with van der Waals surface area (Å²) in [4.78, 5) is 19.4. The molecule has 2 N–H and O–H groups in total. The maximum atomic E-state index is 11.9. The highest BCUT2D eigenvalue weighted by atomic mass is 32.1. The van der Waals surface area contributed by atoms with Gasteiger partial charge in [-0.25, -0.2) is 0 Å². The van der Waals surface area contributed by atoms with Gasteiger partial charge in [-0.2, -0.15) is 0 Å². The summed E-state index contributed by atoms with van der Waals surface area (Å²) in [7, 11) is 0. The Labute approximate surface area is 100 Å². The van der Waals surface area contributed by atoms with E-state index in [4.69, 9.17) is 0 Å². The molecule has 0 fully saturated rings. The second-order valence-corrected chi connectivity index (χ2v) is 4.47. The smallest absolute Gasteiger partial charge is 0.262 e. The number of hydrogen-bond acceptors (Lipinski definition) is 4. The summed E-state index contributed by atoms with van der Waals surface area (Å²) in [6.45, 7) is 0. The van der Waals surface area contributed by atoms with Crippen LogP contribution in [0.2, 0.25) is 0 Å². The van der Waals surface area contributed by atoms with Crippen molar-refractivity contribution in [1.29, 1.82) is 0 Å². The van der Waals surface area contributed by atoms with E-state index in [9.17, 15) is 9.90 Å². The van der Waals surface area contributed by atoms with E-state index >= 15 is 0 Å². The lowest BCUT2D eigenvalue weighted by Gasteiger charge is -2.03. The van der Waals surface area contributed by atoms with Gasteiger partial charge in [0.25, 0.3) is 5.56 Å². The number of aromatic hydroxyl groups is 1. The van der Waals surface area contributed by atoms with Crippen molar-refractivity contribution in [2.24, 2.45) is 0 Å². The van der Waals surface area contributed by atoms with Crippen molar-refractivity contribution >= 4 is 21.6 Å². The van der Waals surface area contributed by atoms with Gasteiger partial charge in [-0.15, -0.1) is 11.3 Å². The first kappa shape index (κ1) is 10.0. The van der Waals surface area contributed by atoms with E-state index in [0.29, 0.717) is 15.9 Å². The van der Waals surface area contributed by atoms with Gasteiger partial charge in [-0.1, -0.05) is 6.07 Å². The lowest BCUT2D eigenvalue weighted by Crippen LogP contribution is -2.09. The molecule has 3 rings (SSSR count). The summed E-state index contributed by atoms with van der Waals surface area (Å²) < 4.78 is 0. The van der Waals surface area contributed by atoms with Crippen molar-refractivity contribution in [2.45, 2.75) is 0 Å². The van der Waals surface area contributed by atoms with Gasteiger partial charge in [0.15, 0.2) is 0 Å². The number of H-pyrrole nitrogens is 1. The molecule has 5 heteroatoms. The molecule has 3 heterocycles. The molecule has 3 aromatic rings. The first-order chi connectivity index (χ1) is 8.27. The summed E-state index contributed by atoms with van der Waals surface area (Å²) in [5.74, 6) is -0.0105. The average Bonchev–Trinajstić information content (AvgIpc) is 2.78. The quantitative estimate of drug-likeness (QED) is 0.690. The van der Waals surface area contributed by atoms with Crippen LogP contribution in [0, 0.1) is 0 Å². The highest BCUT2D eigenvalue weighted by Gasteiger charge is 2.14. The third kappa shape index (κ3) is 1.52. The second kappa shape index (κ2) is 3.71. The van der Waals surface area contributed by atoms with E-state index in [-0.39, 0.29) is 16.9 Å². The molecular formula is C12H8N2O2S. The predicted molar refractivity (Wildman–Crippen MR) is 67.3 cm³/mol. The number of thiophene rings is 1. The third-order valence-electron chi connectivity index (χ3n) is 2.53. The highest BCUT2D eigenvalue weighted by Crippen LogP contribution is 2.32. The van der Waals surface area contributed by atoms with Gasteiger partial charge in [0.1, 0.15) is 16.1 Å². The molecule has 3 aromatic heterocycles. The van der Waals surface area contributed by atoms with E-state index in [1.54, 1.807) is 30.5 Å². The minimum atomic E-state index is -0.323. The van der Waals surface area contributed by atoms with Crippen molar-refractivity contribution in [3.05, 3.63) is 46.2 Å². The number of rotatable bonds is 1. The van der Waals surface area contributed by atoms with Crippen LogP contribution in [-0.4, -0.2) is 15.1 Å². The Balaban J connectivity index is 2.40. The van der Waals surface area contributed by atoms with Crippen LogP contribution >= 0.6 is 11.3 Å². The van der Waals surface area contributed by atoms with Crippen molar-refractivity contribution in [3.63, 3.8) is 0 Å². The molecule has 0 aliphatic heterocycles. The molecule has 0 atom stereocenters. The highest BCUT2D eigenvalue weighted by molar-refractivity contribution is 7.16. The predicted octanol–water partition coefficient (Wildman–Crippen LogP) is 2.36. The molecule has 17 heavy (non-hydrogen) atoms. The fourth-order valence-electron chi connectivity index (χ4n) is 1.75. The van der Waals surface area contributed by atoms with Crippen LogP contribution in [0.3, 0.4) is 0 Å². The van der Waals surface area contributed by atoms with Crippen LogP contribution in [0.15, 0.2) is 40.6 Å². The van der Waals surface area contributed by atoms with Crippen LogP contribution < -0.4 is 5.56 Å². The number of nitrogens with one attached hydrogen (secondary N) is 1. The molecule has 0 aliphatic carbocycles. The van der Waals surface area contributed by atoms with E-state index in [1.165, 1.54) is 11.3 Å². The van der Waals surface area contributed by atoms with Crippen LogP contribution in [0.1, 0.15) is 0 Å². The molecule has 0 aromatic carbocycles. The molecular weight excluding hydrogens is 236 g/mol. The first-order valence-corrected chi connectivity index (χ1v) is 5.89. The zero-order valence-corrected chi connectivity index (χ0v) is 9.49. The fourth-order valence-corrected chi connectivity index (χ4v) is 2.53. The summed E-state index contributed by atoms with van der Waals surface area (Å²) in [5.41, 5.74) is 0.368. The zero-order valence-electron chi connectivity index (χ0n) is 8.68. The molecule has 0 spiro atoms. The van der Waals surface area contributed by atoms with E-state index in [1.807, 2.05) is 5.38 Å². The van der Waals surface area contributed by atoms with Crippen LogP contribution in [0.5, 0.6) is 5.75 Å². The Bertz CT molecular complexity index is 731. The molecule has 0 amide bonds. The minimum absolute atomic E-state index is 0.0105. The van der Waals surface area contributed by atoms with Crippen LogP contribution in [0.4, 0.5) is 0 Å². The van der Waals surface area contributed by atoms with Crippen molar-refractivity contribution in [3.8, 4) is 17.0 Å². The topological polar surface area (TPSA) is 66.0 Å². The number of aromatic amines is 1. The molecule has 84 valence electrons. The number of pyridine rings is 2. The summed E-state index contributed by atoms with van der Waals surface area (Å²) >= 11 is 1.38. The van der Waals surface area contributed by atoms with Gasteiger partial charge in [-0.05, 0) is 23.6 Å². The fraction of sp³-hybridized carbons (Fsp3) is 0. The van der Waals surface area contributed by atoms with Crippen LogP contribution in [0.25, 0.3) is 21.5 Å². The normalized spacial score (nSPS) is 10.8. The van der Waals surface area contributed by atoms with E-state index in [2.05, 4.69) is 9.97 Å². The Morgan fingerprint density at radius 1 is 1.29 bits per heavy atom. The van der Waals surface area contributed by atoms with Gasteiger partial charge >= 0.3 is 0 Å². The van der Waals surface area contributed by atoms with Gasteiger partial charge < -0.3 is 10.1 Å². The van der Waals surface area contributed by atoms with Gasteiger partial charge in [0.05, 0.1) is 11.1 Å². The van der Waals surface area contributed by atoms with Gasteiger partial charge in [0, 0.05) is 6.20 Å². The second-order valence-electron chi connectivity index (χ2n) is 3.56. The minimum Gasteiger partial charge on any atom is -0.506 e. The molecule has 0 saturated carbocycles. The lowest BCUT2D eigenvalue weighted by molar-refractivity contribution is 0.482. The Kier molecular flexibility index (Phi) is 2.19. The van der Waals surface area contributed by atoms with Crippen molar-refractivity contribution < 1.29 is 5.11 Å². The zero-order chi connectivity index (χ0) is 11.8. The average molecular weight is 244 g/mol. The molecule has 0 saturated heterocycles. The molecule has 0 aliphatic rings. The Morgan fingerprint density at radius 3 is 2.94 bits per heavy atom. The number of fused-ring (bicyclic) bond motifs is 1. The molecule has 0 unspecified atom stereocenters. The summed E-state index contributed by atoms with van der Waals surface area (Å²) in [5, 5.41) is 12.6. The standard InChI is InChI=1S/C12H8N2O2S/c15-10-7-4-6-17-12(7)14-11(16)9(10)8-3-1-2-5-13-8/h1-6H,(H2,14,15,16). The maximum absolute atomic E-state index is 11.9. The molecule has 4 nitrogen and oxygen atoms in total. The van der Waals surface area contributed by atoms with Crippen molar-refractivity contribution in [2.75, 3.05) is 0 Å². The summed E-state index contributed by atoms with van der Waals surface area (Å²) in [6.07, 6.45) is 1.59. The van der Waals surface area contributed by atoms with E-state index < -0.39 is 0 Å². The van der Waals surface area contributed by atoms with Crippen LogP contribution in [-0.2, 0) is 0 Å². The number of aromatic nitrogens is 2. The Morgan fingerprint density at radius 2 is 2.18 bits per heavy atom. The Hall–Kier alpha value is -2.14. The number of hydrogen-bond donors (Lipinski definition) is 2. The first-order valence-electron chi connectivity index (χ1n) is 5.01. The lowest BCUT2D eigenvalue weighted by atomic mass is 10.1.